The maximum Gasteiger partial charge on any atom is 0.123 e. The van der Waals surface area contributed by atoms with Gasteiger partial charge in [0.05, 0.1) is 5.51 Å². The fourth-order valence-corrected chi connectivity index (χ4v) is 4.03. The Balaban J connectivity index is 1.92. The van der Waals surface area contributed by atoms with E-state index in [0.29, 0.717) is 0 Å². The van der Waals surface area contributed by atoms with Gasteiger partial charge in [-0.2, -0.15) is 0 Å². The Kier molecular flexibility index (Phi) is 4.10. The monoisotopic (exact) mass is 306 g/mol. The minimum absolute atomic E-state index is 0.177. The highest BCUT2D eigenvalue weighted by molar-refractivity contribution is 7.19. The Bertz CT molecular complexity index is 691. The van der Waals surface area contributed by atoms with Crippen molar-refractivity contribution in [2.75, 3.05) is 6.54 Å². The zero-order valence-electron chi connectivity index (χ0n) is 11.1. The van der Waals surface area contributed by atoms with Crippen molar-refractivity contribution in [3.05, 3.63) is 51.5 Å². The van der Waals surface area contributed by atoms with Gasteiger partial charge in [0, 0.05) is 33.1 Å². The van der Waals surface area contributed by atoms with Gasteiger partial charge in [0.25, 0.3) is 0 Å². The first-order valence-corrected chi connectivity index (χ1v) is 8.25. The third kappa shape index (κ3) is 2.90. The highest BCUT2D eigenvalue weighted by Gasteiger charge is 2.15. The fraction of sp³-hybridized carbons (Fsp3) is 0.267. The van der Waals surface area contributed by atoms with Crippen molar-refractivity contribution in [3.63, 3.8) is 0 Å². The SMILES string of the molecule is CCNC(Cc1cncs1)c1cc2cc(F)ccc2s1. The number of nitrogens with zero attached hydrogens (tertiary/aromatic N) is 1. The molecular weight excluding hydrogens is 291 g/mol. The average Bonchev–Trinajstić information content (AvgIpc) is 3.06. The average molecular weight is 306 g/mol. The maximum atomic E-state index is 13.3. The van der Waals surface area contributed by atoms with Crippen LogP contribution in [0.15, 0.2) is 36.0 Å². The molecule has 0 saturated carbocycles. The first kappa shape index (κ1) is 13.7. The van der Waals surface area contributed by atoms with Crippen LogP contribution in [0.5, 0.6) is 0 Å². The predicted octanol–water partition coefficient (Wildman–Crippen LogP) is 4.39. The molecule has 0 radical (unpaired) electrons. The molecule has 1 unspecified atom stereocenters. The van der Waals surface area contributed by atoms with Crippen LogP contribution in [-0.2, 0) is 6.42 Å². The summed E-state index contributed by atoms with van der Waals surface area (Å²) in [7, 11) is 0. The van der Waals surface area contributed by atoms with Crippen molar-refractivity contribution in [3.8, 4) is 0 Å². The van der Waals surface area contributed by atoms with Crippen LogP contribution in [0.2, 0.25) is 0 Å². The van der Waals surface area contributed by atoms with E-state index in [0.717, 1.165) is 23.1 Å². The van der Waals surface area contributed by atoms with Gasteiger partial charge >= 0.3 is 0 Å². The van der Waals surface area contributed by atoms with Crippen molar-refractivity contribution in [2.45, 2.75) is 19.4 Å². The summed E-state index contributed by atoms with van der Waals surface area (Å²) in [6.45, 7) is 3.01. The molecule has 2 heterocycles. The Morgan fingerprint density at radius 2 is 2.25 bits per heavy atom. The van der Waals surface area contributed by atoms with Crippen molar-refractivity contribution >= 4 is 32.8 Å². The van der Waals surface area contributed by atoms with Gasteiger partial charge < -0.3 is 5.32 Å². The van der Waals surface area contributed by atoms with Gasteiger partial charge in [0.2, 0.25) is 0 Å². The number of hydrogen-bond donors (Lipinski definition) is 1. The van der Waals surface area contributed by atoms with E-state index in [1.165, 1.54) is 15.8 Å². The number of nitrogens with one attached hydrogen (secondary N) is 1. The molecule has 20 heavy (non-hydrogen) atoms. The summed E-state index contributed by atoms with van der Waals surface area (Å²) in [5, 5.41) is 4.49. The van der Waals surface area contributed by atoms with Gasteiger partial charge in [-0.3, -0.25) is 4.98 Å². The number of hydrogen-bond acceptors (Lipinski definition) is 4. The highest BCUT2D eigenvalue weighted by atomic mass is 32.1. The van der Waals surface area contributed by atoms with Gasteiger partial charge in [-0.1, -0.05) is 6.92 Å². The molecule has 0 aliphatic heterocycles. The van der Waals surface area contributed by atoms with E-state index in [9.17, 15) is 4.39 Å². The van der Waals surface area contributed by atoms with Crippen molar-refractivity contribution in [1.29, 1.82) is 0 Å². The zero-order chi connectivity index (χ0) is 13.9. The minimum Gasteiger partial charge on any atom is -0.309 e. The lowest BCUT2D eigenvalue weighted by Gasteiger charge is -2.14. The van der Waals surface area contributed by atoms with Crippen molar-refractivity contribution in [2.24, 2.45) is 0 Å². The molecule has 2 nitrogen and oxygen atoms in total. The smallest absolute Gasteiger partial charge is 0.123 e. The third-order valence-corrected chi connectivity index (χ3v) is 5.21. The first-order valence-electron chi connectivity index (χ1n) is 6.56. The van der Waals surface area contributed by atoms with Crippen LogP contribution < -0.4 is 5.32 Å². The molecule has 3 rings (SSSR count). The molecule has 1 N–H and O–H groups in total. The Labute approximate surface area is 125 Å². The van der Waals surface area contributed by atoms with E-state index in [1.807, 2.05) is 17.8 Å². The van der Waals surface area contributed by atoms with Gasteiger partial charge in [0.1, 0.15) is 5.82 Å². The van der Waals surface area contributed by atoms with Crippen LogP contribution in [-0.4, -0.2) is 11.5 Å². The summed E-state index contributed by atoms with van der Waals surface area (Å²) in [5.74, 6) is -0.177. The summed E-state index contributed by atoms with van der Waals surface area (Å²) in [6.07, 6.45) is 2.84. The van der Waals surface area contributed by atoms with Gasteiger partial charge in [0.15, 0.2) is 0 Å². The van der Waals surface area contributed by atoms with E-state index in [-0.39, 0.29) is 11.9 Å². The van der Waals surface area contributed by atoms with Crippen LogP contribution in [0.3, 0.4) is 0 Å². The Hall–Kier alpha value is -1.30. The number of aromatic nitrogens is 1. The molecular formula is C15H15FN2S2. The normalized spacial score (nSPS) is 12.9. The zero-order valence-corrected chi connectivity index (χ0v) is 12.7. The number of thiazole rings is 1. The Morgan fingerprint density at radius 3 is 3.00 bits per heavy atom. The molecule has 104 valence electrons. The van der Waals surface area contributed by atoms with E-state index in [2.05, 4.69) is 23.3 Å². The second kappa shape index (κ2) is 5.99. The van der Waals surface area contributed by atoms with E-state index in [4.69, 9.17) is 0 Å². The van der Waals surface area contributed by atoms with E-state index < -0.39 is 0 Å². The summed E-state index contributed by atoms with van der Waals surface area (Å²) >= 11 is 3.41. The lowest BCUT2D eigenvalue weighted by molar-refractivity contribution is 0.561. The van der Waals surface area contributed by atoms with Crippen molar-refractivity contribution in [1.82, 2.24) is 10.3 Å². The van der Waals surface area contributed by atoms with Crippen LogP contribution in [0.25, 0.3) is 10.1 Å². The molecule has 2 aromatic heterocycles. The molecule has 0 aliphatic carbocycles. The topological polar surface area (TPSA) is 24.9 Å². The maximum absolute atomic E-state index is 13.3. The second-order valence-corrected chi connectivity index (χ2v) is 6.70. The van der Waals surface area contributed by atoms with Crippen LogP contribution in [0.4, 0.5) is 4.39 Å². The molecule has 3 aromatic rings. The quantitative estimate of drug-likeness (QED) is 0.756. The van der Waals surface area contributed by atoms with Crippen molar-refractivity contribution < 1.29 is 4.39 Å². The molecule has 0 fully saturated rings. The highest BCUT2D eigenvalue weighted by Crippen LogP contribution is 2.32. The molecule has 0 spiro atoms. The fourth-order valence-electron chi connectivity index (χ4n) is 2.27. The molecule has 0 bridgehead atoms. The molecule has 0 saturated heterocycles. The minimum atomic E-state index is -0.177. The number of rotatable bonds is 5. The summed E-state index contributed by atoms with van der Waals surface area (Å²) in [6, 6.07) is 7.34. The number of benzene rings is 1. The van der Waals surface area contributed by atoms with E-state index in [1.54, 1.807) is 28.7 Å². The van der Waals surface area contributed by atoms with Crippen LogP contribution in [0.1, 0.15) is 22.7 Å². The van der Waals surface area contributed by atoms with Crippen LogP contribution in [0, 0.1) is 5.82 Å². The molecule has 0 aliphatic rings. The van der Waals surface area contributed by atoms with Gasteiger partial charge in [-0.25, -0.2) is 4.39 Å². The predicted molar refractivity (Wildman–Crippen MR) is 84.0 cm³/mol. The first-order chi connectivity index (χ1) is 9.76. The Morgan fingerprint density at radius 1 is 1.35 bits per heavy atom. The van der Waals surface area contributed by atoms with Gasteiger partial charge in [-0.05, 0) is 36.2 Å². The lowest BCUT2D eigenvalue weighted by atomic mass is 10.1. The molecule has 0 amide bonds. The lowest BCUT2D eigenvalue weighted by Crippen LogP contribution is -2.21. The number of thiophene rings is 1. The van der Waals surface area contributed by atoms with Gasteiger partial charge in [-0.15, -0.1) is 22.7 Å². The largest absolute Gasteiger partial charge is 0.309 e. The summed E-state index contributed by atoms with van der Waals surface area (Å²) in [4.78, 5) is 6.64. The number of fused-ring (bicyclic) bond motifs is 1. The third-order valence-electron chi connectivity index (χ3n) is 3.18. The molecule has 1 atom stereocenters. The molecule has 5 heteroatoms. The standard InChI is InChI=1S/C15H15FN2S2/c1-2-18-13(7-12-8-17-9-19-12)15-6-10-5-11(16)3-4-14(10)20-15/h3-6,8-9,13,18H,2,7H2,1H3. The number of halogens is 1. The summed E-state index contributed by atoms with van der Waals surface area (Å²) < 4.78 is 14.4. The summed E-state index contributed by atoms with van der Waals surface area (Å²) in [5.41, 5.74) is 1.86. The van der Waals surface area contributed by atoms with E-state index >= 15 is 0 Å². The second-order valence-electron chi connectivity index (χ2n) is 4.61. The number of likely N-dealkylation sites (N-methyl/N-ethyl adjacent to an activating group) is 1. The van der Waals surface area contributed by atoms with Crippen LogP contribution >= 0.6 is 22.7 Å². The molecule has 1 aromatic carbocycles.